The van der Waals surface area contributed by atoms with Crippen LogP contribution in [0.25, 0.3) is 0 Å². The maximum absolute atomic E-state index is 13.6. The molecular formula is C74H133N2O7P. The Hall–Kier alpha value is -3.07. The van der Waals surface area contributed by atoms with Gasteiger partial charge in [-0.25, -0.2) is 0 Å². The van der Waals surface area contributed by atoms with Crippen LogP contribution < -0.4 is 10.2 Å². The number of phosphoric acid groups is 1. The van der Waals surface area contributed by atoms with Crippen LogP contribution in [0.5, 0.6) is 0 Å². The van der Waals surface area contributed by atoms with E-state index in [4.69, 9.17) is 13.8 Å². The molecule has 0 aromatic rings. The normalized spacial score (nSPS) is 14.1. The van der Waals surface area contributed by atoms with E-state index in [9.17, 15) is 19.0 Å². The van der Waals surface area contributed by atoms with E-state index in [0.717, 1.165) is 96.3 Å². The van der Waals surface area contributed by atoms with Gasteiger partial charge in [0.25, 0.3) is 7.82 Å². The highest BCUT2D eigenvalue weighted by molar-refractivity contribution is 7.45. The Kier molecular flexibility index (Phi) is 60.7. The molecule has 0 rings (SSSR count). The van der Waals surface area contributed by atoms with Gasteiger partial charge in [0.2, 0.25) is 5.91 Å². The van der Waals surface area contributed by atoms with Crippen LogP contribution in [0.3, 0.4) is 0 Å². The number of hydrogen-bond donors (Lipinski definition) is 1. The van der Waals surface area contributed by atoms with E-state index in [1.165, 1.54) is 173 Å². The van der Waals surface area contributed by atoms with E-state index >= 15 is 0 Å². The molecule has 0 aliphatic rings. The van der Waals surface area contributed by atoms with Crippen molar-refractivity contribution in [1.29, 1.82) is 0 Å². The minimum atomic E-state index is -4.72. The molecule has 0 saturated heterocycles. The zero-order valence-corrected chi connectivity index (χ0v) is 56.5. The van der Waals surface area contributed by atoms with E-state index in [1.807, 2.05) is 33.3 Å². The third kappa shape index (κ3) is 63.4. The minimum Gasteiger partial charge on any atom is -0.756 e. The van der Waals surface area contributed by atoms with Crippen molar-refractivity contribution in [2.75, 3.05) is 40.9 Å². The number of amides is 1. The topological polar surface area (TPSA) is 114 Å². The van der Waals surface area contributed by atoms with E-state index in [1.54, 1.807) is 0 Å². The van der Waals surface area contributed by atoms with Crippen molar-refractivity contribution in [3.8, 4) is 0 Å². The average molecular weight is 1190 g/mol. The first-order valence-corrected chi connectivity index (χ1v) is 36.5. The number of unbranched alkanes of at least 4 members (excludes halogenated alkanes) is 33. The number of carbonyl (C=O) groups is 2. The first-order valence-electron chi connectivity index (χ1n) is 35.0. The van der Waals surface area contributed by atoms with Gasteiger partial charge in [-0.05, 0) is 109 Å². The molecule has 0 aliphatic carbocycles. The average Bonchev–Trinajstić information content (AvgIpc) is 3.65. The fourth-order valence-corrected chi connectivity index (χ4v) is 10.6. The second-order valence-electron chi connectivity index (χ2n) is 24.6. The maximum atomic E-state index is 13.6. The molecule has 1 amide bonds. The number of nitrogens with zero attached hydrogens (tertiary/aromatic N) is 1. The molecule has 0 fully saturated rings. The lowest BCUT2D eigenvalue weighted by Gasteiger charge is -2.30. The van der Waals surface area contributed by atoms with E-state index in [0.29, 0.717) is 23.9 Å². The lowest BCUT2D eigenvalue weighted by molar-refractivity contribution is -0.870. The Morgan fingerprint density at radius 3 is 1.18 bits per heavy atom. The van der Waals surface area contributed by atoms with Crippen LogP contribution >= 0.6 is 7.82 Å². The molecule has 10 heteroatoms. The predicted octanol–water partition coefficient (Wildman–Crippen LogP) is 21.7. The number of quaternary nitrogens is 1. The number of ether oxygens (including phenoxy) is 1. The molecule has 0 heterocycles. The first kappa shape index (κ1) is 80.9. The lowest BCUT2D eigenvalue weighted by atomic mass is 10.0. The van der Waals surface area contributed by atoms with Crippen molar-refractivity contribution >= 4 is 19.7 Å². The van der Waals surface area contributed by atoms with Crippen molar-refractivity contribution in [2.45, 2.75) is 322 Å². The highest BCUT2D eigenvalue weighted by atomic mass is 31.2. The summed E-state index contributed by atoms with van der Waals surface area (Å²) in [5, 5.41) is 3.03. The molecule has 0 saturated carbocycles. The summed E-state index contributed by atoms with van der Waals surface area (Å²) < 4.78 is 30.4. The van der Waals surface area contributed by atoms with Crippen LogP contribution in [-0.2, 0) is 27.9 Å². The molecule has 0 radical (unpaired) electrons. The Labute approximate surface area is 519 Å². The summed E-state index contributed by atoms with van der Waals surface area (Å²) in [5.74, 6) is -0.574. The van der Waals surface area contributed by atoms with Crippen molar-refractivity contribution < 1.29 is 37.3 Å². The highest BCUT2D eigenvalue weighted by Crippen LogP contribution is 2.38. The van der Waals surface area contributed by atoms with Crippen LogP contribution in [0.2, 0.25) is 0 Å². The first-order chi connectivity index (χ1) is 40.9. The second-order valence-corrected chi connectivity index (χ2v) is 26.1. The van der Waals surface area contributed by atoms with Crippen LogP contribution in [0.1, 0.15) is 310 Å². The Morgan fingerprint density at radius 2 is 0.762 bits per heavy atom. The van der Waals surface area contributed by atoms with E-state index in [-0.39, 0.29) is 24.9 Å². The van der Waals surface area contributed by atoms with E-state index < -0.39 is 26.6 Å². The van der Waals surface area contributed by atoms with Gasteiger partial charge in [0.05, 0.1) is 33.8 Å². The molecule has 0 spiro atoms. The van der Waals surface area contributed by atoms with Crippen molar-refractivity contribution in [3.63, 3.8) is 0 Å². The van der Waals surface area contributed by atoms with Crippen LogP contribution in [0.15, 0.2) is 97.2 Å². The summed E-state index contributed by atoms with van der Waals surface area (Å²) in [6, 6.07) is -0.907. The van der Waals surface area contributed by atoms with Gasteiger partial charge in [0.1, 0.15) is 19.3 Å². The zero-order valence-electron chi connectivity index (χ0n) is 55.6. The molecule has 0 bridgehead atoms. The fraction of sp³-hybridized carbons (Fsp3) is 0.757. The Balaban J connectivity index is 5.08. The molecule has 9 nitrogen and oxygen atoms in total. The number of hydrogen-bond acceptors (Lipinski definition) is 7. The van der Waals surface area contributed by atoms with Gasteiger partial charge in [-0.3, -0.25) is 14.2 Å². The molecule has 486 valence electrons. The molecule has 1 N–H and O–H groups in total. The van der Waals surface area contributed by atoms with Crippen molar-refractivity contribution in [2.24, 2.45) is 0 Å². The molecule has 84 heavy (non-hydrogen) atoms. The fourth-order valence-electron chi connectivity index (χ4n) is 9.87. The Bertz CT molecular complexity index is 1760. The zero-order chi connectivity index (χ0) is 61.4. The van der Waals surface area contributed by atoms with Gasteiger partial charge in [-0.2, -0.15) is 0 Å². The van der Waals surface area contributed by atoms with Crippen LogP contribution in [0, 0.1) is 0 Å². The van der Waals surface area contributed by atoms with Crippen LogP contribution in [0.4, 0.5) is 0 Å². The lowest BCUT2D eigenvalue weighted by Crippen LogP contribution is -2.47. The molecule has 0 aliphatic heterocycles. The SMILES string of the molecule is CC/C=C\C/C=C\C/C=C\C/C=C\C/C=C\CCCCCC(=O)OC(/C=C\CCCCCCCCCCCC)C(COP(=O)([O-])OCC[N+](C)(C)C)NC(=O)CCCCCCCCCCCCCCCCCCC/C=C\C/C=C\CCCCC. The van der Waals surface area contributed by atoms with E-state index in [2.05, 4.69) is 111 Å². The number of phosphoric ester groups is 1. The molecular weight excluding hydrogens is 1060 g/mol. The summed E-state index contributed by atoms with van der Waals surface area (Å²) in [7, 11) is 1.16. The largest absolute Gasteiger partial charge is 0.756 e. The van der Waals surface area contributed by atoms with Gasteiger partial charge in [-0.1, -0.05) is 285 Å². The third-order valence-electron chi connectivity index (χ3n) is 15.2. The smallest absolute Gasteiger partial charge is 0.306 e. The molecule has 0 aromatic carbocycles. The second kappa shape index (κ2) is 63.0. The van der Waals surface area contributed by atoms with Gasteiger partial charge in [-0.15, -0.1) is 0 Å². The summed E-state index contributed by atoms with van der Waals surface area (Å²) in [4.78, 5) is 40.1. The molecule has 3 atom stereocenters. The third-order valence-corrected chi connectivity index (χ3v) is 16.2. The van der Waals surface area contributed by atoms with Gasteiger partial charge in [0, 0.05) is 12.8 Å². The minimum absolute atomic E-state index is 0.0308. The number of allylic oxidation sites excluding steroid dienone is 15. The van der Waals surface area contributed by atoms with Gasteiger partial charge < -0.3 is 28.5 Å². The number of likely N-dealkylation sites (N-methyl/N-ethyl adjacent to an activating group) is 1. The maximum Gasteiger partial charge on any atom is 0.306 e. The number of carbonyl (C=O) groups excluding carboxylic acids is 2. The summed E-state index contributed by atoms with van der Waals surface area (Å²) in [5.41, 5.74) is 0. The van der Waals surface area contributed by atoms with Crippen molar-refractivity contribution in [3.05, 3.63) is 97.2 Å². The highest BCUT2D eigenvalue weighted by Gasteiger charge is 2.27. The Morgan fingerprint density at radius 1 is 0.429 bits per heavy atom. The number of esters is 1. The number of nitrogens with one attached hydrogen (secondary N) is 1. The monoisotopic (exact) mass is 1190 g/mol. The summed E-state index contributed by atoms with van der Waals surface area (Å²) in [6.45, 7) is 6.70. The standard InChI is InChI=1S/C74H133N2O7P/c1-7-10-13-16-19-22-25-28-30-32-34-35-36-37-38-39-40-41-43-44-46-48-51-54-57-60-63-66-73(77)75-71(70-82-84(79,80)81-69-68-76(4,5)6)72(65-62-59-56-53-50-27-24-21-18-15-12-9-3)83-74(78)67-64-61-58-55-52-49-47-45-42-33-31-29-26-23-20-17-14-11-8-2/h11,14,19-20,22-23,28-31,42,45,49,52,62,65,71-72H,7-10,12-13,15-18,21,24-27,32-41,43-44,46-48,50-51,53-61,63-64,66-70H2,1-6H3,(H-,75,77,79,80)/b14-11-,22-19-,23-20-,30-28-,31-29-,45-42-,52-49-,65-62-. The summed E-state index contributed by atoms with van der Waals surface area (Å²) >= 11 is 0. The van der Waals surface area contributed by atoms with Gasteiger partial charge in [0.15, 0.2) is 0 Å². The molecule has 3 unspecified atom stereocenters. The molecule has 0 aromatic heterocycles. The quantitative estimate of drug-likeness (QED) is 0.0212. The summed E-state index contributed by atoms with van der Waals surface area (Å²) in [6.07, 6.45) is 85.4. The van der Waals surface area contributed by atoms with Crippen molar-refractivity contribution in [1.82, 2.24) is 5.32 Å². The predicted molar refractivity (Wildman–Crippen MR) is 362 cm³/mol. The van der Waals surface area contributed by atoms with Gasteiger partial charge >= 0.3 is 5.97 Å². The van der Waals surface area contributed by atoms with Crippen LogP contribution in [-0.4, -0.2) is 69.4 Å². The number of rotatable bonds is 63.